The highest BCUT2D eigenvalue weighted by Crippen LogP contribution is 2.33. The molecule has 6 nitrogen and oxygen atoms in total. The molecule has 0 spiro atoms. The van der Waals surface area contributed by atoms with Crippen molar-refractivity contribution in [1.82, 2.24) is 0 Å². The summed E-state index contributed by atoms with van der Waals surface area (Å²) in [5, 5.41) is 2.85. The van der Waals surface area contributed by atoms with Gasteiger partial charge in [0.2, 0.25) is 5.91 Å². The summed E-state index contributed by atoms with van der Waals surface area (Å²) in [5.74, 6) is -0.0233. The molecule has 0 aliphatic heterocycles. The van der Waals surface area contributed by atoms with E-state index >= 15 is 0 Å². The fraction of sp³-hybridized carbons (Fsp3) is 0.133. The second kappa shape index (κ2) is 7.29. The first-order chi connectivity index (χ1) is 11.2. The van der Waals surface area contributed by atoms with Crippen LogP contribution in [0.2, 0.25) is 10.0 Å². The number of sulfonamides is 1. The molecule has 1 amide bonds. The smallest absolute Gasteiger partial charge is 0.262 e. The van der Waals surface area contributed by atoms with Crippen molar-refractivity contribution in [1.29, 1.82) is 0 Å². The van der Waals surface area contributed by atoms with Gasteiger partial charge in [0.1, 0.15) is 5.75 Å². The van der Waals surface area contributed by atoms with Gasteiger partial charge in [-0.3, -0.25) is 9.52 Å². The second-order valence-corrected chi connectivity index (χ2v) is 7.24. The number of carbonyl (C=O) groups is 1. The summed E-state index contributed by atoms with van der Waals surface area (Å²) < 4.78 is 32.6. The predicted octanol–water partition coefficient (Wildman–Crippen LogP) is 3.76. The second-order valence-electron chi connectivity index (χ2n) is 4.75. The van der Waals surface area contributed by atoms with Crippen LogP contribution in [0, 0.1) is 0 Å². The van der Waals surface area contributed by atoms with Gasteiger partial charge in [-0.15, -0.1) is 0 Å². The minimum Gasteiger partial charge on any atom is -0.495 e. The van der Waals surface area contributed by atoms with Gasteiger partial charge in [0.15, 0.2) is 0 Å². The van der Waals surface area contributed by atoms with E-state index in [9.17, 15) is 13.2 Å². The average Bonchev–Trinajstić information content (AvgIpc) is 2.50. The molecule has 0 aliphatic carbocycles. The number of carbonyl (C=O) groups excluding carboxylic acids is 1. The largest absolute Gasteiger partial charge is 0.495 e. The van der Waals surface area contributed by atoms with E-state index in [2.05, 4.69) is 10.0 Å². The third-order valence-electron chi connectivity index (χ3n) is 2.99. The minimum absolute atomic E-state index is 0.0805. The van der Waals surface area contributed by atoms with Gasteiger partial charge in [-0.1, -0.05) is 29.3 Å². The summed E-state index contributed by atoms with van der Waals surface area (Å²) in [6.45, 7) is 1.31. The highest BCUT2D eigenvalue weighted by Gasteiger charge is 2.19. The number of para-hydroxylation sites is 1. The molecule has 0 heterocycles. The Balaban J connectivity index is 2.44. The van der Waals surface area contributed by atoms with Crippen molar-refractivity contribution in [2.45, 2.75) is 11.8 Å². The lowest BCUT2D eigenvalue weighted by Gasteiger charge is -2.14. The number of ether oxygens (including phenoxy) is 1. The number of hydrogen-bond donors (Lipinski definition) is 2. The lowest BCUT2D eigenvalue weighted by molar-refractivity contribution is -0.114. The van der Waals surface area contributed by atoms with Crippen LogP contribution in [0.3, 0.4) is 0 Å². The summed E-state index contributed by atoms with van der Waals surface area (Å²) in [5.41, 5.74) is 0.316. The molecule has 128 valence electrons. The minimum atomic E-state index is -3.97. The van der Waals surface area contributed by atoms with E-state index in [1.54, 1.807) is 6.07 Å². The van der Waals surface area contributed by atoms with E-state index in [0.29, 0.717) is 5.75 Å². The van der Waals surface area contributed by atoms with Gasteiger partial charge in [0.25, 0.3) is 10.0 Å². The van der Waals surface area contributed by atoms with Crippen LogP contribution >= 0.6 is 23.2 Å². The molecule has 2 aromatic rings. The summed E-state index contributed by atoms with van der Waals surface area (Å²) in [6.07, 6.45) is 0. The number of benzene rings is 2. The number of halogens is 2. The van der Waals surface area contributed by atoms with Crippen LogP contribution in [-0.4, -0.2) is 21.4 Å². The molecule has 24 heavy (non-hydrogen) atoms. The van der Waals surface area contributed by atoms with E-state index in [1.165, 1.54) is 44.4 Å². The molecular weight excluding hydrogens is 375 g/mol. The maximum absolute atomic E-state index is 12.6. The van der Waals surface area contributed by atoms with Crippen LogP contribution in [-0.2, 0) is 14.8 Å². The molecule has 0 saturated carbocycles. The van der Waals surface area contributed by atoms with Gasteiger partial charge in [0.05, 0.1) is 33.4 Å². The van der Waals surface area contributed by atoms with Crippen molar-refractivity contribution >= 4 is 50.5 Å². The zero-order valence-corrected chi connectivity index (χ0v) is 15.1. The summed E-state index contributed by atoms with van der Waals surface area (Å²) >= 11 is 12.0. The number of rotatable bonds is 5. The molecule has 0 unspecified atom stereocenters. The number of amides is 1. The van der Waals surface area contributed by atoms with Crippen LogP contribution in [0.15, 0.2) is 41.3 Å². The zero-order chi connectivity index (χ0) is 17.9. The normalized spacial score (nSPS) is 11.0. The van der Waals surface area contributed by atoms with Crippen molar-refractivity contribution in [2.24, 2.45) is 0 Å². The van der Waals surface area contributed by atoms with E-state index in [4.69, 9.17) is 27.9 Å². The summed E-state index contributed by atoms with van der Waals surface area (Å²) in [6, 6.07) is 8.70. The molecular formula is C15H14Cl2N2O4S. The van der Waals surface area contributed by atoms with Crippen molar-refractivity contribution in [3.63, 3.8) is 0 Å². The Morgan fingerprint density at radius 2 is 1.75 bits per heavy atom. The monoisotopic (exact) mass is 388 g/mol. The predicted molar refractivity (Wildman–Crippen MR) is 94.6 cm³/mol. The first-order valence-electron chi connectivity index (χ1n) is 6.67. The molecule has 9 heteroatoms. The van der Waals surface area contributed by atoms with Gasteiger partial charge in [0, 0.05) is 6.92 Å². The average molecular weight is 389 g/mol. The van der Waals surface area contributed by atoms with E-state index in [0.717, 1.165) is 0 Å². The Kier molecular flexibility index (Phi) is 5.58. The fourth-order valence-electron chi connectivity index (χ4n) is 1.93. The van der Waals surface area contributed by atoms with E-state index in [-0.39, 0.29) is 32.2 Å². The standard InChI is InChI=1S/C15H14Cl2N2O4S/c1-9(20)18-13-8-10(6-7-14(13)23-2)24(21,22)19-15-11(16)4-3-5-12(15)17/h3-8,19H,1-2H3,(H,18,20). The maximum atomic E-state index is 12.6. The third-order valence-corrected chi connectivity index (χ3v) is 4.97. The first kappa shape index (κ1) is 18.4. The quantitative estimate of drug-likeness (QED) is 0.816. The fourth-order valence-corrected chi connectivity index (χ4v) is 3.66. The Labute approximate surface area is 149 Å². The van der Waals surface area contributed by atoms with Gasteiger partial charge in [-0.25, -0.2) is 8.42 Å². The van der Waals surface area contributed by atoms with Gasteiger partial charge >= 0.3 is 0 Å². The van der Waals surface area contributed by atoms with Gasteiger partial charge in [-0.05, 0) is 30.3 Å². The van der Waals surface area contributed by atoms with Crippen LogP contribution in [0.25, 0.3) is 0 Å². The van der Waals surface area contributed by atoms with Crippen molar-refractivity contribution in [3.05, 3.63) is 46.4 Å². The van der Waals surface area contributed by atoms with E-state index < -0.39 is 10.0 Å². The summed E-state index contributed by atoms with van der Waals surface area (Å²) in [4.78, 5) is 11.2. The Hall–Kier alpha value is -1.96. The lowest BCUT2D eigenvalue weighted by atomic mass is 10.3. The highest BCUT2D eigenvalue weighted by molar-refractivity contribution is 7.92. The highest BCUT2D eigenvalue weighted by atomic mass is 35.5. The molecule has 0 bridgehead atoms. The molecule has 0 fully saturated rings. The first-order valence-corrected chi connectivity index (χ1v) is 8.91. The Morgan fingerprint density at radius 1 is 1.12 bits per heavy atom. The lowest BCUT2D eigenvalue weighted by Crippen LogP contribution is -2.15. The summed E-state index contributed by atoms with van der Waals surface area (Å²) in [7, 11) is -2.55. The van der Waals surface area contributed by atoms with Gasteiger partial charge in [-0.2, -0.15) is 0 Å². The van der Waals surface area contributed by atoms with Crippen molar-refractivity contribution in [3.8, 4) is 5.75 Å². The van der Waals surface area contributed by atoms with Crippen LogP contribution in [0.4, 0.5) is 11.4 Å². The number of anilines is 2. The molecule has 2 N–H and O–H groups in total. The van der Waals surface area contributed by atoms with E-state index in [1.807, 2.05) is 0 Å². The molecule has 0 saturated heterocycles. The maximum Gasteiger partial charge on any atom is 0.262 e. The Morgan fingerprint density at radius 3 is 2.29 bits per heavy atom. The number of hydrogen-bond acceptors (Lipinski definition) is 4. The molecule has 0 radical (unpaired) electrons. The molecule has 2 aromatic carbocycles. The van der Waals surface area contributed by atoms with Crippen molar-refractivity contribution in [2.75, 3.05) is 17.1 Å². The molecule has 2 rings (SSSR count). The number of nitrogens with one attached hydrogen (secondary N) is 2. The molecule has 0 aliphatic rings. The zero-order valence-electron chi connectivity index (χ0n) is 12.8. The van der Waals surface area contributed by atoms with Gasteiger partial charge < -0.3 is 10.1 Å². The van der Waals surface area contributed by atoms with Crippen LogP contribution < -0.4 is 14.8 Å². The molecule has 0 aromatic heterocycles. The number of methoxy groups -OCH3 is 1. The topological polar surface area (TPSA) is 84.5 Å². The van der Waals surface area contributed by atoms with Crippen LogP contribution in [0.1, 0.15) is 6.92 Å². The SMILES string of the molecule is COc1ccc(S(=O)(=O)Nc2c(Cl)cccc2Cl)cc1NC(C)=O. The van der Waals surface area contributed by atoms with Crippen molar-refractivity contribution < 1.29 is 17.9 Å². The molecule has 0 atom stereocenters. The third kappa shape index (κ3) is 4.11. The Bertz CT molecular complexity index is 865. The van der Waals surface area contributed by atoms with Crippen LogP contribution in [0.5, 0.6) is 5.75 Å².